The van der Waals surface area contributed by atoms with Crippen LogP contribution >= 0.6 is 11.6 Å². The first kappa shape index (κ1) is 14.8. The maximum absolute atomic E-state index is 5.86. The van der Waals surface area contributed by atoms with Gasteiger partial charge in [-0.3, -0.25) is 0 Å². The Morgan fingerprint density at radius 1 is 1.10 bits per heavy atom. The largest absolute Gasteiger partial charge is 0.491 e. The lowest BCUT2D eigenvalue weighted by Gasteiger charge is -2.17. The van der Waals surface area contributed by atoms with Crippen LogP contribution in [0.2, 0.25) is 5.28 Å². The minimum absolute atomic E-state index is 0.159. The van der Waals surface area contributed by atoms with Crippen molar-refractivity contribution in [2.24, 2.45) is 0 Å². The standard InChI is InChI=1S/C16H19ClN2O/c1-10(2)13-9-12(5-6-15(13)20-11(3)4)14-7-8-18-16(17)19-14/h5-11H,1-4H3. The van der Waals surface area contributed by atoms with E-state index in [1.807, 2.05) is 32.0 Å². The number of hydrogen-bond donors (Lipinski definition) is 0. The van der Waals surface area contributed by atoms with E-state index in [0.717, 1.165) is 17.0 Å². The SMILES string of the molecule is CC(C)Oc1ccc(-c2ccnc(Cl)n2)cc1C(C)C. The summed E-state index contributed by atoms with van der Waals surface area (Å²) >= 11 is 5.85. The zero-order chi connectivity index (χ0) is 14.7. The summed E-state index contributed by atoms with van der Waals surface area (Å²) in [4.78, 5) is 8.16. The van der Waals surface area contributed by atoms with Crippen LogP contribution in [0.25, 0.3) is 11.3 Å². The van der Waals surface area contributed by atoms with Gasteiger partial charge in [-0.05, 0) is 61.2 Å². The Bertz CT molecular complexity index is 597. The zero-order valence-electron chi connectivity index (χ0n) is 12.2. The first-order chi connectivity index (χ1) is 9.47. The van der Waals surface area contributed by atoms with E-state index in [2.05, 4.69) is 29.9 Å². The van der Waals surface area contributed by atoms with E-state index in [0.29, 0.717) is 5.92 Å². The molecule has 1 aromatic heterocycles. The summed E-state index contributed by atoms with van der Waals surface area (Å²) in [7, 11) is 0. The molecule has 0 atom stereocenters. The molecule has 0 N–H and O–H groups in total. The van der Waals surface area contributed by atoms with Gasteiger partial charge in [0.1, 0.15) is 5.75 Å². The minimum atomic E-state index is 0.159. The fourth-order valence-corrected chi connectivity index (χ4v) is 2.16. The van der Waals surface area contributed by atoms with Crippen molar-refractivity contribution in [3.63, 3.8) is 0 Å². The number of halogens is 1. The minimum Gasteiger partial charge on any atom is -0.491 e. The van der Waals surface area contributed by atoms with Gasteiger partial charge < -0.3 is 4.74 Å². The van der Waals surface area contributed by atoms with E-state index in [-0.39, 0.29) is 11.4 Å². The second-order valence-corrected chi connectivity index (χ2v) is 5.62. The number of nitrogens with zero attached hydrogens (tertiary/aromatic N) is 2. The van der Waals surface area contributed by atoms with E-state index >= 15 is 0 Å². The van der Waals surface area contributed by atoms with Gasteiger partial charge in [0.2, 0.25) is 5.28 Å². The van der Waals surface area contributed by atoms with Crippen molar-refractivity contribution in [1.29, 1.82) is 0 Å². The van der Waals surface area contributed by atoms with Crippen molar-refractivity contribution >= 4 is 11.6 Å². The Morgan fingerprint density at radius 3 is 2.45 bits per heavy atom. The Morgan fingerprint density at radius 2 is 1.85 bits per heavy atom. The summed E-state index contributed by atoms with van der Waals surface area (Å²) in [5.41, 5.74) is 3.02. The average molecular weight is 291 g/mol. The second kappa shape index (κ2) is 6.23. The Kier molecular flexibility index (Phi) is 4.61. The lowest BCUT2D eigenvalue weighted by molar-refractivity contribution is 0.239. The molecule has 2 rings (SSSR count). The predicted octanol–water partition coefficient (Wildman–Crippen LogP) is 4.71. The summed E-state index contributed by atoms with van der Waals surface area (Å²) in [5.74, 6) is 1.31. The lowest BCUT2D eigenvalue weighted by atomic mass is 9.98. The highest BCUT2D eigenvalue weighted by atomic mass is 35.5. The van der Waals surface area contributed by atoms with Gasteiger partial charge >= 0.3 is 0 Å². The smallest absolute Gasteiger partial charge is 0.222 e. The third-order valence-corrected chi connectivity index (χ3v) is 3.10. The predicted molar refractivity (Wildman–Crippen MR) is 82.3 cm³/mol. The molecule has 4 heteroatoms. The summed E-state index contributed by atoms with van der Waals surface area (Å²) in [6.07, 6.45) is 1.82. The summed E-state index contributed by atoms with van der Waals surface area (Å²) in [5, 5.41) is 0.260. The molecular formula is C16H19ClN2O. The molecule has 0 aliphatic carbocycles. The number of hydrogen-bond acceptors (Lipinski definition) is 3. The molecule has 0 unspecified atom stereocenters. The van der Waals surface area contributed by atoms with Gasteiger partial charge in [-0.2, -0.15) is 0 Å². The zero-order valence-corrected chi connectivity index (χ0v) is 13.0. The van der Waals surface area contributed by atoms with E-state index in [1.165, 1.54) is 5.56 Å². The summed E-state index contributed by atoms with van der Waals surface area (Å²) < 4.78 is 5.86. The van der Waals surface area contributed by atoms with Gasteiger partial charge in [0, 0.05) is 11.8 Å². The molecule has 0 radical (unpaired) electrons. The van der Waals surface area contributed by atoms with Crippen molar-refractivity contribution in [2.45, 2.75) is 39.7 Å². The van der Waals surface area contributed by atoms with Gasteiger partial charge in [0.15, 0.2) is 0 Å². The Labute approximate surface area is 125 Å². The first-order valence-corrected chi connectivity index (χ1v) is 7.14. The van der Waals surface area contributed by atoms with Crippen LogP contribution in [-0.4, -0.2) is 16.1 Å². The van der Waals surface area contributed by atoms with Gasteiger partial charge in [-0.25, -0.2) is 9.97 Å². The van der Waals surface area contributed by atoms with Crippen LogP contribution in [0.4, 0.5) is 0 Å². The molecule has 0 aliphatic heterocycles. The van der Waals surface area contributed by atoms with Gasteiger partial charge in [-0.15, -0.1) is 0 Å². The molecule has 0 spiro atoms. The normalized spacial score (nSPS) is 11.2. The fourth-order valence-electron chi connectivity index (χ4n) is 2.02. The van der Waals surface area contributed by atoms with Crippen molar-refractivity contribution in [2.75, 3.05) is 0 Å². The molecule has 3 nitrogen and oxygen atoms in total. The molecule has 1 heterocycles. The molecule has 0 bridgehead atoms. The van der Waals surface area contributed by atoms with Crippen molar-refractivity contribution in [3.05, 3.63) is 41.3 Å². The van der Waals surface area contributed by atoms with Gasteiger partial charge in [0.05, 0.1) is 11.8 Å². The Hall–Kier alpha value is -1.61. The van der Waals surface area contributed by atoms with Crippen LogP contribution in [0.5, 0.6) is 5.75 Å². The van der Waals surface area contributed by atoms with Crippen molar-refractivity contribution in [1.82, 2.24) is 9.97 Å². The van der Waals surface area contributed by atoms with Crippen LogP contribution in [0.15, 0.2) is 30.5 Å². The quantitative estimate of drug-likeness (QED) is 0.765. The molecule has 0 aliphatic rings. The van der Waals surface area contributed by atoms with Crippen LogP contribution in [0.3, 0.4) is 0 Å². The number of benzene rings is 1. The van der Waals surface area contributed by atoms with Crippen LogP contribution in [0.1, 0.15) is 39.2 Å². The number of ether oxygens (including phenoxy) is 1. The van der Waals surface area contributed by atoms with Crippen LogP contribution in [-0.2, 0) is 0 Å². The molecule has 1 aromatic carbocycles. The molecule has 0 saturated carbocycles. The average Bonchev–Trinajstić information content (AvgIpc) is 2.38. The van der Waals surface area contributed by atoms with Crippen molar-refractivity contribution < 1.29 is 4.74 Å². The maximum Gasteiger partial charge on any atom is 0.222 e. The molecular weight excluding hydrogens is 272 g/mol. The third-order valence-electron chi connectivity index (χ3n) is 2.92. The Balaban J connectivity index is 2.44. The topological polar surface area (TPSA) is 35.0 Å². The molecule has 0 amide bonds. The van der Waals surface area contributed by atoms with E-state index in [1.54, 1.807) is 6.20 Å². The van der Waals surface area contributed by atoms with E-state index < -0.39 is 0 Å². The molecule has 0 saturated heterocycles. The maximum atomic E-state index is 5.86. The third kappa shape index (κ3) is 3.48. The highest BCUT2D eigenvalue weighted by molar-refractivity contribution is 6.28. The molecule has 106 valence electrons. The summed E-state index contributed by atoms with van der Waals surface area (Å²) in [6, 6.07) is 7.97. The number of aromatic nitrogens is 2. The lowest BCUT2D eigenvalue weighted by Crippen LogP contribution is -2.08. The van der Waals surface area contributed by atoms with E-state index in [9.17, 15) is 0 Å². The van der Waals surface area contributed by atoms with Crippen LogP contribution < -0.4 is 4.74 Å². The highest BCUT2D eigenvalue weighted by Crippen LogP contribution is 2.31. The molecule has 2 aromatic rings. The van der Waals surface area contributed by atoms with Gasteiger partial charge in [0.25, 0.3) is 0 Å². The summed E-state index contributed by atoms with van der Waals surface area (Å²) in [6.45, 7) is 8.36. The monoisotopic (exact) mass is 290 g/mol. The first-order valence-electron chi connectivity index (χ1n) is 6.77. The van der Waals surface area contributed by atoms with Gasteiger partial charge in [-0.1, -0.05) is 13.8 Å². The van der Waals surface area contributed by atoms with Crippen LogP contribution in [0, 0.1) is 0 Å². The fraction of sp³-hybridized carbons (Fsp3) is 0.375. The molecule has 0 fully saturated rings. The van der Waals surface area contributed by atoms with Crippen molar-refractivity contribution in [3.8, 4) is 17.0 Å². The number of rotatable bonds is 4. The second-order valence-electron chi connectivity index (χ2n) is 5.28. The highest BCUT2D eigenvalue weighted by Gasteiger charge is 2.12. The van der Waals surface area contributed by atoms with E-state index in [4.69, 9.17) is 16.3 Å². The molecule has 20 heavy (non-hydrogen) atoms.